The highest BCUT2D eigenvalue weighted by atomic mass is 16.5. The van der Waals surface area contributed by atoms with Crippen molar-refractivity contribution in [3.8, 4) is 5.75 Å². The molecule has 0 radical (unpaired) electrons. The smallest absolute Gasteiger partial charge is 0.123 e. The quantitative estimate of drug-likeness (QED) is 0.847. The molecular weight excluding hydrogens is 214 g/mol. The highest BCUT2D eigenvalue weighted by Gasteiger charge is 2.03. The number of hydrogen-bond donors (Lipinski definition) is 1. The maximum atomic E-state index is 5.51. The fourth-order valence-corrected chi connectivity index (χ4v) is 1.80. The van der Waals surface area contributed by atoms with Crippen LogP contribution in [0.4, 0.5) is 0 Å². The summed E-state index contributed by atoms with van der Waals surface area (Å²) >= 11 is 0. The zero-order valence-electron chi connectivity index (χ0n) is 9.97. The minimum Gasteiger partial charge on any atom is -0.496 e. The molecule has 0 amide bonds. The molecule has 90 valence electrons. The predicted octanol–water partition coefficient (Wildman–Crippen LogP) is 1.44. The van der Waals surface area contributed by atoms with Gasteiger partial charge in [-0.3, -0.25) is 4.68 Å². The van der Waals surface area contributed by atoms with Crippen LogP contribution in [0.2, 0.25) is 0 Å². The van der Waals surface area contributed by atoms with Crippen LogP contribution in [-0.4, -0.2) is 23.4 Å². The highest BCUT2D eigenvalue weighted by Crippen LogP contribution is 2.18. The molecule has 2 N–H and O–H groups in total. The average Bonchev–Trinajstić information content (AvgIpc) is 2.78. The summed E-state index contributed by atoms with van der Waals surface area (Å²) in [6.07, 6.45) is 4.76. The molecule has 0 unspecified atom stereocenters. The molecule has 17 heavy (non-hydrogen) atoms. The second-order valence-corrected chi connectivity index (χ2v) is 3.90. The summed E-state index contributed by atoms with van der Waals surface area (Å²) in [6, 6.07) is 7.97. The Bertz CT molecular complexity index is 479. The first kappa shape index (κ1) is 11.7. The molecule has 0 aliphatic carbocycles. The Labute approximate surface area is 101 Å². The molecule has 1 aromatic carbocycles. The van der Waals surface area contributed by atoms with E-state index in [1.807, 2.05) is 41.3 Å². The zero-order valence-corrected chi connectivity index (χ0v) is 9.97. The minimum atomic E-state index is 0.653. The van der Waals surface area contributed by atoms with Gasteiger partial charge in [-0.1, -0.05) is 18.2 Å². The largest absolute Gasteiger partial charge is 0.496 e. The molecule has 4 heteroatoms. The second kappa shape index (κ2) is 5.50. The third kappa shape index (κ3) is 2.85. The third-order valence-electron chi connectivity index (χ3n) is 2.64. The topological polar surface area (TPSA) is 53.1 Å². The molecule has 2 rings (SSSR count). The second-order valence-electron chi connectivity index (χ2n) is 3.90. The lowest BCUT2D eigenvalue weighted by Gasteiger charge is -2.07. The number of nitrogens with two attached hydrogens (primary N) is 1. The summed E-state index contributed by atoms with van der Waals surface area (Å²) in [6.45, 7) is 1.37. The standard InChI is InChI=1S/C13H17N3O/c1-17-13-5-3-2-4-12(13)10-16-9-11(6-7-14)8-15-16/h2-5,8-9H,6-7,10,14H2,1H3. The van der Waals surface area contributed by atoms with Crippen molar-refractivity contribution in [2.75, 3.05) is 13.7 Å². The van der Waals surface area contributed by atoms with E-state index in [9.17, 15) is 0 Å². The molecule has 0 aliphatic rings. The van der Waals surface area contributed by atoms with Gasteiger partial charge < -0.3 is 10.5 Å². The van der Waals surface area contributed by atoms with Gasteiger partial charge in [-0.15, -0.1) is 0 Å². The van der Waals surface area contributed by atoms with Gasteiger partial charge in [0, 0.05) is 11.8 Å². The Morgan fingerprint density at radius 3 is 2.94 bits per heavy atom. The molecular formula is C13H17N3O. The number of hydrogen-bond acceptors (Lipinski definition) is 3. The van der Waals surface area contributed by atoms with Crippen molar-refractivity contribution >= 4 is 0 Å². The summed E-state index contributed by atoms with van der Waals surface area (Å²) in [5.74, 6) is 0.892. The highest BCUT2D eigenvalue weighted by molar-refractivity contribution is 5.33. The Morgan fingerprint density at radius 2 is 2.18 bits per heavy atom. The van der Waals surface area contributed by atoms with Crippen LogP contribution in [0.25, 0.3) is 0 Å². The minimum absolute atomic E-state index is 0.653. The Hall–Kier alpha value is -1.81. The van der Waals surface area contributed by atoms with Gasteiger partial charge in [-0.25, -0.2) is 0 Å². The van der Waals surface area contributed by atoms with E-state index in [1.54, 1.807) is 7.11 Å². The monoisotopic (exact) mass is 231 g/mol. The van der Waals surface area contributed by atoms with Crippen LogP contribution in [0.3, 0.4) is 0 Å². The molecule has 0 saturated carbocycles. The van der Waals surface area contributed by atoms with Gasteiger partial charge in [0.25, 0.3) is 0 Å². The van der Waals surface area contributed by atoms with Gasteiger partial charge in [-0.05, 0) is 24.6 Å². The van der Waals surface area contributed by atoms with Crippen molar-refractivity contribution in [3.05, 3.63) is 47.8 Å². The number of para-hydroxylation sites is 1. The molecule has 0 spiro atoms. The van der Waals surface area contributed by atoms with Crippen molar-refractivity contribution in [3.63, 3.8) is 0 Å². The SMILES string of the molecule is COc1ccccc1Cn1cc(CCN)cn1. The maximum Gasteiger partial charge on any atom is 0.123 e. The molecule has 0 aliphatic heterocycles. The lowest BCUT2D eigenvalue weighted by Crippen LogP contribution is -2.03. The number of ether oxygens (including phenoxy) is 1. The van der Waals surface area contributed by atoms with E-state index in [2.05, 4.69) is 5.10 Å². The van der Waals surface area contributed by atoms with Crippen molar-refractivity contribution < 1.29 is 4.74 Å². The van der Waals surface area contributed by atoms with E-state index < -0.39 is 0 Å². The fourth-order valence-electron chi connectivity index (χ4n) is 1.80. The van der Waals surface area contributed by atoms with Gasteiger partial charge in [0.1, 0.15) is 5.75 Å². The molecule has 0 bridgehead atoms. The van der Waals surface area contributed by atoms with Crippen molar-refractivity contribution in [2.24, 2.45) is 5.73 Å². The van der Waals surface area contributed by atoms with E-state index >= 15 is 0 Å². The summed E-state index contributed by atoms with van der Waals surface area (Å²) in [5.41, 5.74) is 7.80. The summed E-state index contributed by atoms with van der Waals surface area (Å²) in [4.78, 5) is 0. The first-order valence-electron chi connectivity index (χ1n) is 5.67. The van der Waals surface area contributed by atoms with Crippen LogP contribution in [0.15, 0.2) is 36.7 Å². The van der Waals surface area contributed by atoms with Crippen LogP contribution >= 0.6 is 0 Å². The number of nitrogens with zero attached hydrogens (tertiary/aromatic N) is 2. The first-order chi connectivity index (χ1) is 8.33. The van der Waals surface area contributed by atoms with Crippen LogP contribution in [0.5, 0.6) is 5.75 Å². The number of aromatic nitrogens is 2. The molecule has 1 aromatic heterocycles. The number of methoxy groups -OCH3 is 1. The van der Waals surface area contributed by atoms with Gasteiger partial charge >= 0.3 is 0 Å². The van der Waals surface area contributed by atoms with E-state index in [0.717, 1.165) is 17.7 Å². The summed E-state index contributed by atoms with van der Waals surface area (Å²) in [5, 5.41) is 4.31. The lowest BCUT2D eigenvalue weighted by molar-refractivity contribution is 0.407. The summed E-state index contributed by atoms with van der Waals surface area (Å²) < 4.78 is 7.22. The molecule has 2 aromatic rings. The normalized spacial score (nSPS) is 10.5. The fraction of sp³-hybridized carbons (Fsp3) is 0.308. The van der Waals surface area contributed by atoms with Crippen molar-refractivity contribution in [1.29, 1.82) is 0 Å². The van der Waals surface area contributed by atoms with Crippen LogP contribution in [0, 0.1) is 0 Å². The van der Waals surface area contributed by atoms with Crippen LogP contribution in [-0.2, 0) is 13.0 Å². The average molecular weight is 231 g/mol. The number of benzene rings is 1. The summed E-state index contributed by atoms with van der Waals surface area (Å²) in [7, 11) is 1.68. The predicted molar refractivity (Wildman–Crippen MR) is 67.1 cm³/mol. The molecule has 0 fully saturated rings. The zero-order chi connectivity index (χ0) is 12.1. The van der Waals surface area contributed by atoms with Crippen molar-refractivity contribution in [2.45, 2.75) is 13.0 Å². The Kier molecular flexibility index (Phi) is 3.77. The lowest BCUT2D eigenvalue weighted by atomic mass is 10.2. The maximum absolute atomic E-state index is 5.51. The van der Waals surface area contributed by atoms with E-state index in [-0.39, 0.29) is 0 Å². The van der Waals surface area contributed by atoms with E-state index in [0.29, 0.717) is 13.1 Å². The molecule has 0 saturated heterocycles. The van der Waals surface area contributed by atoms with E-state index in [1.165, 1.54) is 5.56 Å². The molecule has 4 nitrogen and oxygen atoms in total. The van der Waals surface area contributed by atoms with Crippen LogP contribution < -0.4 is 10.5 Å². The van der Waals surface area contributed by atoms with Gasteiger partial charge in [0.15, 0.2) is 0 Å². The first-order valence-corrected chi connectivity index (χ1v) is 5.67. The number of rotatable bonds is 5. The molecule has 0 atom stereocenters. The van der Waals surface area contributed by atoms with Crippen molar-refractivity contribution in [1.82, 2.24) is 9.78 Å². The van der Waals surface area contributed by atoms with E-state index in [4.69, 9.17) is 10.5 Å². The molecule has 1 heterocycles. The van der Waals surface area contributed by atoms with Crippen LogP contribution in [0.1, 0.15) is 11.1 Å². The Morgan fingerprint density at radius 1 is 1.35 bits per heavy atom. The Balaban J connectivity index is 2.13. The van der Waals surface area contributed by atoms with Gasteiger partial charge in [0.05, 0.1) is 19.9 Å². The van der Waals surface area contributed by atoms with Gasteiger partial charge in [0.2, 0.25) is 0 Å². The third-order valence-corrected chi connectivity index (χ3v) is 2.64. The van der Waals surface area contributed by atoms with Gasteiger partial charge in [-0.2, -0.15) is 5.10 Å².